The number of anilines is 1. The highest BCUT2D eigenvalue weighted by Gasteiger charge is 2.11. The second-order valence-electron chi connectivity index (χ2n) is 5.97. The van der Waals surface area contributed by atoms with Gasteiger partial charge in [0.05, 0.1) is 25.2 Å². The van der Waals surface area contributed by atoms with Crippen molar-refractivity contribution < 1.29 is 17.9 Å². The molecular formula is C16H25N3O4S. The van der Waals surface area contributed by atoms with Crippen LogP contribution >= 0.6 is 0 Å². The van der Waals surface area contributed by atoms with Crippen LogP contribution in [0.5, 0.6) is 0 Å². The zero-order valence-corrected chi connectivity index (χ0v) is 15.0. The number of hydrogen-bond donors (Lipinski definition) is 2. The van der Waals surface area contributed by atoms with Crippen LogP contribution in [0.3, 0.4) is 0 Å². The Hall–Kier alpha value is -1.64. The van der Waals surface area contributed by atoms with Gasteiger partial charge in [-0.1, -0.05) is 0 Å². The van der Waals surface area contributed by atoms with Gasteiger partial charge in [0, 0.05) is 25.2 Å². The van der Waals surface area contributed by atoms with E-state index in [1.54, 1.807) is 25.1 Å². The lowest BCUT2D eigenvalue weighted by atomic mass is 10.1. The third-order valence-corrected chi connectivity index (χ3v) is 4.42. The van der Waals surface area contributed by atoms with Crippen molar-refractivity contribution >= 4 is 21.6 Å². The van der Waals surface area contributed by atoms with Crippen LogP contribution in [0.25, 0.3) is 0 Å². The Balaban J connectivity index is 1.80. The molecule has 0 unspecified atom stereocenters. The number of benzene rings is 1. The third kappa shape index (κ3) is 6.10. The molecule has 1 aromatic carbocycles. The molecule has 0 atom stereocenters. The summed E-state index contributed by atoms with van der Waals surface area (Å²) in [5, 5.41) is 2.90. The molecule has 1 fully saturated rings. The second kappa shape index (κ2) is 8.46. The number of carbonyl (C=O) groups excluding carboxylic acids is 1. The smallest absolute Gasteiger partial charge is 0.251 e. The van der Waals surface area contributed by atoms with E-state index in [0.717, 1.165) is 45.5 Å². The minimum atomic E-state index is -3.33. The lowest BCUT2D eigenvalue weighted by Gasteiger charge is -2.26. The second-order valence-corrected chi connectivity index (χ2v) is 7.72. The van der Waals surface area contributed by atoms with Crippen molar-refractivity contribution in [1.82, 2.24) is 10.2 Å². The van der Waals surface area contributed by atoms with Crippen LogP contribution in [-0.4, -0.2) is 64.9 Å². The van der Waals surface area contributed by atoms with Crippen LogP contribution in [-0.2, 0) is 14.8 Å². The molecule has 0 radical (unpaired) electrons. The highest BCUT2D eigenvalue weighted by molar-refractivity contribution is 7.92. The summed E-state index contributed by atoms with van der Waals surface area (Å²) in [6, 6.07) is 4.92. The number of amides is 1. The van der Waals surface area contributed by atoms with Crippen LogP contribution in [0.15, 0.2) is 18.2 Å². The van der Waals surface area contributed by atoms with Crippen LogP contribution in [0.1, 0.15) is 22.3 Å². The van der Waals surface area contributed by atoms with Crippen LogP contribution in [0.4, 0.5) is 5.69 Å². The lowest BCUT2D eigenvalue weighted by molar-refractivity contribution is 0.0374. The molecule has 8 heteroatoms. The van der Waals surface area contributed by atoms with E-state index in [4.69, 9.17) is 4.74 Å². The molecule has 134 valence electrons. The van der Waals surface area contributed by atoms with Gasteiger partial charge in [-0.05, 0) is 43.7 Å². The van der Waals surface area contributed by atoms with E-state index in [1.165, 1.54) is 0 Å². The highest BCUT2D eigenvalue weighted by atomic mass is 32.2. The molecule has 0 spiro atoms. The zero-order chi connectivity index (χ0) is 17.6. The van der Waals surface area contributed by atoms with Gasteiger partial charge in [-0.2, -0.15) is 0 Å². The van der Waals surface area contributed by atoms with Crippen LogP contribution < -0.4 is 10.0 Å². The summed E-state index contributed by atoms with van der Waals surface area (Å²) in [5.74, 6) is -0.147. The number of hydrogen-bond acceptors (Lipinski definition) is 5. The molecule has 1 heterocycles. The molecule has 0 saturated carbocycles. The molecule has 1 aliphatic heterocycles. The summed E-state index contributed by atoms with van der Waals surface area (Å²) in [5.41, 5.74) is 1.72. The number of sulfonamides is 1. The molecule has 0 aromatic heterocycles. The van der Waals surface area contributed by atoms with Crippen molar-refractivity contribution in [2.75, 3.05) is 50.4 Å². The Morgan fingerprint density at radius 3 is 2.62 bits per heavy atom. The maximum absolute atomic E-state index is 12.2. The maximum atomic E-state index is 12.2. The first-order valence-corrected chi connectivity index (χ1v) is 9.91. The number of aryl methyl sites for hydroxylation is 1. The van der Waals surface area contributed by atoms with E-state index in [1.807, 2.05) is 0 Å². The largest absolute Gasteiger partial charge is 0.379 e. The number of rotatable bonds is 7. The topological polar surface area (TPSA) is 87.7 Å². The van der Waals surface area contributed by atoms with Crippen molar-refractivity contribution in [3.8, 4) is 0 Å². The lowest BCUT2D eigenvalue weighted by Crippen LogP contribution is -2.38. The van der Waals surface area contributed by atoms with Gasteiger partial charge in [-0.25, -0.2) is 8.42 Å². The fourth-order valence-corrected chi connectivity index (χ4v) is 3.18. The average molecular weight is 355 g/mol. The van der Waals surface area contributed by atoms with Gasteiger partial charge in [0.25, 0.3) is 5.91 Å². The molecule has 1 aliphatic rings. The predicted molar refractivity (Wildman–Crippen MR) is 93.9 cm³/mol. The summed E-state index contributed by atoms with van der Waals surface area (Å²) in [7, 11) is -3.33. The fraction of sp³-hybridized carbons (Fsp3) is 0.562. The van der Waals surface area contributed by atoms with Crippen molar-refractivity contribution in [3.05, 3.63) is 29.3 Å². The molecule has 24 heavy (non-hydrogen) atoms. The Labute approximate surface area is 143 Å². The fourth-order valence-electron chi connectivity index (χ4n) is 2.55. The van der Waals surface area contributed by atoms with Crippen molar-refractivity contribution in [2.45, 2.75) is 13.3 Å². The van der Waals surface area contributed by atoms with Gasteiger partial charge in [0.15, 0.2) is 0 Å². The molecule has 0 aliphatic carbocycles. The number of carbonyl (C=O) groups is 1. The summed E-state index contributed by atoms with van der Waals surface area (Å²) in [4.78, 5) is 14.5. The average Bonchev–Trinajstić information content (AvgIpc) is 2.53. The Morgan fingerprint density at radius 1 is 1.29 bits per heavy atom. The Kier molecular flexibility index (Phi) is 6.59. The minimum Gasteiger partial charge on any atom is -0.379 e. The zero-order valence-electron chi connectivity index (χ0n) is 14.2. The molecule has 1 saturated heterocycles. The Bertz CT molecular complexity index is 670. The summed E-state index contributed by atoms with van der Waals surface area (Å²) < 4.78 is 30.3. The molecule has 0 bridgehead atoms. The number of nitrogens with zero attached hydrogens (tertiary/aromatic N) is 1. The quantitative estimate of drug-likeness (QED) is 0.707. The molecule has 2 N–H and O–H groups in total. The number of ether oxygens (including phenoxy) is 1. The first-order chi connectivity index (χ1) is 11.3. The van der Waals surface area contributed by atoms with Crippen LogP contribution in [0, 0.1) is 6.92 Å². The van der Waals surface area contributed by atoms with Gasteiger partial charge in [0.1, 0.15) is 0 Å². The van der Waals surface area contributed by atoms with Crippen molar-refractivity contribution in [2.24, 2.45) is 0 Å². The van der Waals surface area contributed by atoms with E-state index in [-0.39, 0.29) is 5.91 Å². The molecular weight excluding hydrogens is 330 g/mol. The van der Waals surface area contributed by atoms with Gasteiger partial charge in [0.2, 0.25) is 10.0 Å². The van der Waals surface area contributed by atoms with Crippen molar-refractivity contribution in [3.63, 3.8) is 0 Å². The van der Waals surface area contributed by atoms with E-state index in [2.05, 4.69) is 14.9 Å². The van der Waals surface area contributed by atoms with Gasteiger partial charge < -0.3 is 10.1 Å². The third-order valence-electron chi connectivity index (χ3n) is 3.82. The molecule has 1 aromatic rings. The minimum absolute atomic E-state index is 0.147. The Morgan fingerprint density at radius 2 is 2.00 bits per heavy atom. The number of morpholine rings is 1. The van der Waals surface area contributed by atoms with E-state index >= 15 is 0 Å². The summed E-state index contributed by atoms with van der Waals surface area (Å²) in [6.07, 6.45) is 1.99. The van der Waals surface area contributed by atoms with Gasteiger partial charge >= 0.3 is 0 Å². The van der Waals surface area contributed by atoms with Gasteiger partial charge in [-0.3, -0.25) is 14.4 Å². The highest BCUT2D eigenvalue weighted by Crippen LogP contribution is 2.17. The maximum Gasteiger partial charge on any atom is 0.251 e. The monoisotopic (exact) mass is 355 g/mol. The van der Waals surface area contributed by atoms with E-state index < -0.39 is 10.0 Å². The standard InChI is InChI=1S/C16H25N3O4S/c1-13-12-14(4-5-15(13)18-24(2,21)22)16(20)17-6-3-7-19-8-10-23-11-9-19/h4-5,12,18H,3,6-11H2,1-2H3,(H,17,20). The summed E-state index contributed by atoms with van der Waals surface area (Å²) >= 11 is 0. The van der Waals surface area contributed by atoms with E-state index in [0.29, 0.717) is 23.4 Å². The van der Waals surface area contributed by atoms with Crippen molar-refractivity contribution in [1.29, 1.82) is 0 Å². The first kappa shape index (κ1) is 18.7. The first-order valence-electron chi connectivity index (χ1n) is 8.02. The predicted octanol–water partition coefficient (Wildman–Crippen LogP) is 0.819. The molecule has 2 rings (SSSR count). The normalized spacial score (nSPS) is 15.9. The number of nitrogens with one attached hydrogen (secondary N) is 2. The summed E-state index contributed by atoms with van der Waals surface area (Å²) in [6.45, 7) is 6.77. The molecule has 1 amide bonds. The van der Waals surface area contributed by atoms with Crippen LogP contribution in [0.2, 0.25) is 0 Å². The SMILES string of the molecule is Cc1cc(C(=O)NCCCN2CCOCC2)ccc1NS(C)(=O)=O. The van der Waals surface area contributed by atoms with Gasteiger partial charge in [-0.15, -0.1) is 0 Å². The molecule has 7 nitrogen and oxygen atoms in total. The van der Waals surface area contributed by atoms with E-state index in [9.17, 15) is 13.2 Å².